The molecule has 0 aliphatic carbocycles. The topological polar surface area (TPSA) is 66.8 Å². The number of rotatable bonds is 3. The van der Waals surface area contributed by atoms with Crippen molar-refractivity contribution in [1.82, 2.24) is 4.90 Å². The quantitative estimate of drug-likeness (QED) is 0.673. The van der Waals surface area contributed by atoms with Gasteiger partial charge in [-0.3, -0.25) is 9.59 Å². The van der Waals surface area contributed by atoms with Crippen LogP contribution in [-0.2, 0) is 14.3 Å². The molecule has 5 nitrogen and oxygen atoms in total. The van der Waals surface area contributed by atoms with E-state index < -0.39 is 35.8 Å². The summed E-state index contributed by atoms with van der Waals surface area (Å²) in [5.41, 5.74) is 0.634. The Morgan fingerprint density at radius 2 is 2.05 bits per heavy atom. The van der Waals surface area contributed by atoms with E-state index in [2.05, 4.69) is 0 Å². The Morgan fingerprint density at radius 1 is 1.43 bits per heavy atom. The van der Waals surface area contributed by atoms with Crippen molar-refractivity contribution in [1.29, 1.82) is 0 Å². The van der Waals surface area contributed by atoms with Gasteiger partial charge in [-0.15, -0.1) is 0 Å². The fourth-order valence-electron chi connectivity index (χ4n) is 2.60. The number of halogens is 1. The zero-order valence-corrected chi connectivity index (χ0v) is 12.0. The molecule has 0 aromatic heterocycles. The number of amides is 1. The molecule has 114 valence electrons. The molecule has 3 atom stereocenters. The molecule has 21 heavy (non-hydrogen) atoms. The second kappa shape index (κ2) is 6.22. The van der Waals surface area contributed by atoms with E-state index in [1.165, 1.54) is 31.3 Å². The molecule has 1 aromatic rings. The standard InChI is InChI=1S/C15H18FNO4/c1-3-21-15(20)13-11(8-12(18)17(2)14(13)19)9-4-6-10(16)7-5-9/h4-7,11-13,18H,3,8H2,1-2H3. The molecule has 1 N–H and O–H groups in total. The van der Waals surface area contributed by atoms with E-state index in [1.807, 2.05) is 0 Å². The normalized spacial score (nSPS) is 25.8. The zero-order valence-electron chi connectivity index (χ0n) is 12.0. The van der Waals surface area contributed by atoms with Gasteiger partial charge in [-0.2, -0.15) is 0 Å². The lowest BCUT2D eigenvalue weighted by Gasteiger charge is -2.38. The lowest BCUT2D eigenvalue weighted by molar-refractivity contribution is -0.166. The maximum Gasteiger partial charge on any atom is 0.319 e. The van der Waals surface area contributed by atoms with Crippen LogP contribution in [0.4, 0.5) is 4.39 Å². The van der Waals surface area contributed by atoms with Gasteiger partial charge in [0, 0.05) is 19.4 Å². The molecule has 1 heterocycles. The fraction of sp³-hybridized carbons (Fsp3) is 0.467. The molecular weight excluding hydrogens is 277 g/mol. The molecule has 1 amide bonds. The highest BCUT2D eigenvalue weighted by atomic mass is 19.1. The third kappa shape index (κ3) is 3.05. The number of likely N-dealkylation sites (tertiary alicyclic amines) is 1. The van der Waals surface area contributed by atoms with Crippen LogP contribution < -0.4 is 0 Å². The molecule has 1 aliphatic rings. The summed E-state index contributed by atoms with van der Waals surface area (Å²) in [5, 5.41) is 9.94. The van der Waals surface area contributed by atoms with Crippen LogP contribution in [0.3, 0.4) is 0 Å². The second-order valence-corrected chi connectivity index (χ2v) is 5.05. The first-order valence-corrected chi connectivity index (χ1v) is 6.82. The van der Waals surface area contributed by atoms with Gasteiger partial charge >= 0.3 is 5.97 Å². The fourth-order valence-corrected chi connectivity index (χ4v) is 2.60. The molecule has 1 aromatic carbocycles. The Labute approximate surface area is 122 Å². The molecule has 0 saturated carbocycles. The first-order chi connectivity index (χ1) is 9.95. The van der Waals surface area contributed by atoms with Crippen molar-refractivity contribution >= 4 is 11.9 Å². The van der Waals surface area contributed by atoms with E-state index in [4.69, 9.17) is 4.74 Å². The van der Waals surface area contributed by atoms with Crippen molar-refractivity contribution < 1.29 is 23.8 Å². The monoisotopic (exact) mass is 295 g/mol. The third-order valence-corrected chi connectivity index (χ3v) is 3.77. The lowest BCUT2D eigenvalue weighted by Crippen LogP contribution is -2.51. The SMILES string of the molecule is CCOC(=O)C1C(=O)N(C)C(O)CC1c1ccc(F)cc1. The maximum absolute atomic E-state index is 13.0. The third-order valence-electron chi connectivity index (χ3n) is 3.77. The number of aliphatic hydroxyl groups excluding tert-OH is 1. The van der Waals surface area contributed by atoms with Gasteiger partial charge in [0.1, 0.15) is 18.0 Å². The Hall–Kier alpha value is -1.95. The number of esters is 1. The van der Waals surface area contributed by atoms with Crippen molar-refractivity contribution in [2.45, 2.75) is 25.5 Å². The number of carbonyl (C=O) groups is 2. The van der Waals surface area contributed by atoms with Gasteiger partial charge in [0.2, 0.25) is 5.91 Å². The van der Waals surface area contributed by atoms with Gasteiger partial charge in [0.25, 0.3) is 0 Å². The lowest BCUT2D eigenvalue weighted by atomic mass is 9.79. The van der Waals surface area contributed by atoms with Gasteiger partial charge in [0.05, 0.1) is 6.61 Å². The Morgan fingerprint density at radius 3 is 2.62 bits per heavy atom. The van der Waals surface area contributed by atoms with Crippen molar-refractivity contribution in [3.63, 3.8) is 0 Å². The summed E-state index contributed by atoms with van der Waals surface area (Å²) >= 11 is 0. The Kier molecular flexibility index (Phi) is 4.57. The van der Waals surface area contributed by atoms with Crippen molar-refractivity contribution in [2.24, 2.45) is 5.92 Å². The first-order valence-electron chi connectivity index (χ1n) is 6.82. The van der Waals surface area contributed by atoms with Crippen LogP contribution in [0.5, 0.6) is 0 Å². The number of piperidine rings is 1. The molecule has 2 rings (SSSR count). The van der Waals surface area contributed by atoms with Crippen LogP contribution in [0.25, 0.3) is 0 Å². The minimum absolute atomic E-state index is 0.172. The van der Waals surface area contributed by atoms with Crippen LogP contribution in [0.2, 0.25) is 0 Å². The summed E-state index contributed by atoms with van der Waals surface area (Å²) in [4.78, 5) is 25.5. The van der Waals surface area contributed by atoms with Crippen molar-refractivity contribution in [3.8, 4) is 0 Å². The van der Waals surface area contributed by atoms with Crippen LogP contribution in [0, 0.1) is 11.7 Å². The number of hydrogen-bond donors (Lipinski definition) is 1. The van der Waals surface area contributed by atoms with Crippen LogP contribution in [-0.4, -0.2) is 41.8 Å². The van der Waals surface area contributed by atoms with E-state index in [1.54, 1.807) is 6.92 Å². The van der Waals surface area contributed by atoms with Crippen LogP contribution >= 0.6 is 0 Å². The predicted octanol–water partition coefficient (Wildman–Crippen LogP) is 1.27. The Bertz CT molecular complexity index is 531. The average Bonchev–Trinajstić information content (AvgIpc) is 2.45. The molecule has 1 saturated heterocycles. The summed E-state index contributed by atoms with van der Waals surface area (Å²) in [5.74, 6) is -3.03. The molecular formula is C15H18FNO4. The number of aliphatic hydroxyl groups is 1. The number of benzene rings is 1. The highest BCUT2D eigenvalue weighted by molar-refractivity contribution is 5.99. The number of ether oxygens (including phenoxy) is 1. The van der Waals surface area contributed by atoms with Gasteiger partial charge in [-0.05, 0) is 24.6 Å². The molecule has 6 heteroatoms. The molecule has 0 radical (unpaired) electrons. The summed E-state index contributed by atoms with van der Waals surface area (Å²) in [6.07, 6.45) is -0.768. The van der Waals surface area contributed by atoms with Gasteiger partial charge in [-0.1, -0.05) is 12.1 Å². The maximum atomic E-state index is 13.0. The predicted molar refractivity (Wildman–Crippen MR) is 72.7 cm³/mol. The number of nitrogens with zero attached hydrogens (tertiary/aromatic N) is 1. The highest BCUT2D eigenvalue weighted by Crippen LogP contribution is 2.36. The van der Waals surface area contributed by atoms with E-state index >= 15 is 0 Å². The van der Waals surface area contributed by atoms with Crippen molar-refractivity contribution in [3.05, 3.63) is 35.6 Å². The summed E-state index contributed by atoms with van der Waals surface area (Å²) in [7, 11) is 1.44. The minimum atomic E-state index is -1.01. The number of carbonyl (C=O) groups excluding carboxylic acids is 2. The summed E-state index contributed by atoms with van der Waals surface area (Å²) in [6.45, 7) is 1.84. The van der Waals surface area contributed by atoms with Crippen LogP contribution in [0.15, 0.2) is 24.3 Å². The smallest absolute Gasteiger partial charge is 0.319 e. The van der Waals surface area contributed by atoms with Crippen LogP contribution in [0.1, 0.15) is 24.8 Å². The number of hydrogen-bond acceptors (Lipinski definition) is 4. The van der Waals surface area contributed by atoms with E-state index in [-0.39, 0.29) is 13.0 Å². The Balaban J connectivity index is 2.36. The van der Waals surface area contributed by atoms with Crippen molar-refractivity contribution in [2.75, 3.05) is 13.7 Å². The van der Waals surface area contributed by atoms with Gasteiger partial charge < -0.3 is 14.7 Å². The minimum Gasteiger partial charge on any atom is -0.465 e. The van der Waals surface area contributed by atoms with E-state index in [0.29, 0.717) is 5.56 Å². The average molecular weight is 295 g/mol. The highest BCUT2D eigenvalue weighted by Gasteiger charge is 2.45. The molecule has 1 aliphatic heterocycles. The van der Waals surface area contributed by atoms with E-state index in [0.717, 1.165) is 4.90 Å². The first kappa shape index (κ1) is 15.4. The largest absolute Gasteiger partial charge is 0.465 e. The van der Waals surface area contributed by atoms with Gasteiger partial charge in [-0.25, -0.2) is 4.39 Å². The van der Waals surface area contributed by atoms with E-state index in [9.17, 15) is 19.1 Å². The molecule has 0 spiro atoms. The summed E-state index contributed by atoms with van der Waals surface area (Å²) < 4.78 is 18.0. The second-order valence-electron chi connectivity index (χ2n) is 5.05. The molecule has 3 unspecified atom stereocenters. The summed E-state index contributed by atoms with van der Waals surface area (Å²) in [6, 6.07) is 5.59. The van der Waals surface area contributed by atoms with Gasteiger partial charge in [0.15, 0.2) is 0 Å². The zero-order chi connectivity index (χ0) is 15.6. The molecule has 0 bridgehead atoms. The molecule has 1 fully saturated rings.